The molecule has 0 aromatic carbocycles. The van der Waals surface area contributed by atoms with Crippen LogP contribution in [0.5, 0.6) is 0 Å². The Balaban J connectivity index is 3.47. The summed E-state index contributed by atoms with van der Waals surface area (Å²) < 4.78 is 5.35. The van der Waals surface area contributed by atoms with Gasteiger partial charge in [-0.1, -0.05) is 13.8 Å². The SMILES string of the molecule is CC(C)OCCCNC(=O)[C@H](N)C(C)C. The molecule has 0 heterocycles. The molecule has 0 saturated carbocycles. The molecule has 0 aromatic heterocycles. The lowest BCUT2D eigenvalue weighted by Crippen LogP contribution is -2.44. The van der Waals surface area contributed by atoms with Crippen LogP contribution in [0.25, 0.3) is 0 Å². The minimum Gasteiger partial charge on any atom is -0.379 e. The average molecular weight is 216 g/mol. The summed E-state index contributed by atoms with van der Waals surface area (Å²) in [6.07, 6.45) is 1.08. The van der Waals surface area contributed by atoms with E-state index in [9.17, 15) is 4.79 Å². The Hall–Kier alpha value is -0.610. The van der Waals surface area contributed by atoms with Crippen LogP contribution >= 0.6 is 0 Å². The predicted molar refractivity (Wildman–Crippen MR) is 61.5 cm³/mol. The number of carbonyl (C=O) groups is 1. The molecule has 0 bridgehead atoms. The molecule has 0 rings (SSSR count). The first-order chi connectivity index (χ1) is 6.95. The molecule has 4 nitrogen and oxygen atoms in total. The van der Waals surface area contributed by atoms with Crippen molar-refractivity contribution in [2.45, 2.75) is 46.3 Å². The molecule has 0 unspecified atom stereocenters. The number of rotatable bonds is 7. The number of carbonyl (C=O) groups excluding carboxylic acids is 1. The Bertz CT molecular complexity index is 181. The van der Waals surface area contributed by atoms with E-state index >= 15 is 0 Å². The second-order valence-corrected chi connectivity index (χ2v) is 4.33. The van der Waals surface area contributed by atoms with E-state index in [4.69, 9.17) is 10.5 Å². The smallest absolute Gasteiger partial charge is 0.237 e. The summed E-state index contributed by atoms with van der Waals surface area (Å²) >= 11 is 0. The summed E-state index contributed by atoms with van der Waals surface area (Å²) in [7, 11) is 0. The monoisotopic (exact) mass is 216 g/mol. The van der Waals surface area contributed by atoms with E-state index in [2.05, 4.69) is 5.32 Å². The molecule has 0 aromatic rings. The first kappa shape index (κ1) is 14.4. The number of ether oxygens (including phenoxy) is 1. The van der Waals surface area contributed by atoms with Crippen LogP contribution in [0.2, 0.25) is 0 Å². The zero-order chi connectivity index (χ0) is 11.8. The number of hydrogen-bond donors (Lipinski definition) is 2. The van der Waals surface area contributed by atoms with Crippen LogP contribution in [-0.4, -0.2) is 31.2 Å². The Morgan fingerprint density at radius 1 is 1.33 bits per heavy atom. The second kappa shape index (κ2) is 7.65. The Kier molecular flexibility index (Phi) is 7.34. The maximum atomic E-state index is 11.4. The predicted octanol–water partition coefficient (Wildman–Crippen LogP) is 0.901. The van der Waals surface area contributed by atoms with E-state index in [1.807, 2.05) is 27.7 Å². The molecule has 3 N–H and O–H groups in total. The van der Waals surface area contributed by atoms with Gasteiger partial charge in [0.2, 0.25) is 5.91 Å². The van der Waals surface area contributed by atoms with Crippen molar-refractivity contribution < 1.29 is 9.53 Å². The lowest BCUT2D eigenvalue weighted by molar-refractivity contribution is -0.123. The Morgan fingerprint density at radius 3 is 2.40 bits per heavy atom. The lowest BCUT2D eigenvalue weighted by Gasteiger charge is -2.15. The van der Waals surface area contributed by atoms with Gasteiger partial charge in [0.1, 0.15) is 0 Å². The van der Waals surface area contributed by atoms with E-state index in [0.29, 0.717) is 13.2 Å². The molecule has 15 heavy (non-hydrogen) atoms. The first-order valence-electron chi connectivity index (χ1n) is 5.60. The molecule has 4 heteroatoms. The van der Waals surface area contributed by atoms with Gasteiger partial charge < -0.3 is 15.8 Å². The number of nitrogens with one attached hydrogen (secondary N) is 1. The van der Waals surface area contributed by atoms with Crippen LogP contribution in [0, 0.1) is 5.92 Å². The standard InChI is InChI=1S/C11H24N2O2/c1-8(2)10(12)11(14)13-6-5-7-15-9(3)4/h8-10H,5-7,12H2,1-4H3,(H,13,14)/t10-/m1/s1. The minimum atomic E-state index is -0.406. The van der Waals surface area contributed by atoms with Gasteiger partial charge in [-0.25, -0.2) is 0 Å². The molecule has 0 radical (unpaired) electrons. The number of amides is 1. The second-order valence-electron chi connectivity index (χ2n) is 4.33. The molecule has 0 fully saturated rings. The third kappa shape index (κ3) is 7.33. The van der Waals surface area contributed by atoms with Crippen molar-refractivity contribution in [1.82, 2.24) is 5.32 Å². The average Bonchev–Trinajstić information content (AvgIpc) is 2.15. The molecule has 0 saturated heterocycles. The zero-order valence-corrected chi connectivity index (χ0v) is 10.2. The fraction of sp³-hybridized carbons (Fsp3) is 0.909. The lowest BCUT2D eigenvalue weighted by atomic mass is 10.1. The normalized spacial score (nSPS) is 13.3. The van der Waals surface area contributed by atoms with Crippen LogP contribution in [0.4, 0.5) is 0 Å². The van der Waals surface area contributed by atoms with Gasteiger partial charge in [0.25, 0.3) is 0 Å². The van der Waals surface area contributed by atoms with Gasteiger partial charge in [-0.3, -0.25) is 4.79 Å². The maximum absolute atomic E-state index is 11.4. The highest BCUT2D eigenvalue weighted by Crippen LogP contribution is 1.97. The topological polar surface area (TPSA) is 64.3 Å². The third-order valence-corrected chi connectivity index (χ3v) is 2.09. The number of nitrogens with two attached hydrogens (primary N) is 1. The van der Waals surface area contributed by atoms with Crippen molar-refractivity contribution in [1.29, 1.82) is 0 Å². The van der Waals surface area contributed by atoms with Gasteiger partial charge in [-0.2, -0.15) is 0 Å². The first-order valence-corrected chi connectivity index (χ1v) is 5.60. The van der Waals surface area contributed by atoms with Gasteiger partial charge in [0.05, 0.1) is 12.1 Å². The minimum absolute atomic E-state index is 0.0745. The van der Waals surface area contributed by atoms with Crippen molar-refractivity contribution in [3.8, 4) is 0 Å². The molecule has 90 valence electrons. The highest BCUT2D eigenvalue weighted by molar-refractivity contribution is 5.81. The Labute approximate surface area is 92.6 Å². The van der Waals surface area contributed by atoms with Crippen LogP contribution in [-0.2, 0) is 9.53 Å². The van der Waals surface area contributed by atoms with Gasteiger partial charge >= 0.3 is 0 Å². The van der Waals surface area contributed by atoms with Crippen molar-refractivity contribution in [3.63, 3.8) is 0 Å². The Morgan fingerprint density at radius 2 is 1.93 bits per heavy atom. The summed E-state index contributed by atoms with van der Waals surface area (Å²) in [5.41, 5.74) is 5.68. The largest absolute Gasteiger partial charge is 0.379 e. The molecule has 0 aliphatic rings. The van der Waals surface area contributed by atoms with Gasteiger partial charge in [0, 0.05) is 13.2 Å². The molecular weight excluding hydrogens is 192 g/mol. The number of hydrogen-bond acceptors (Lipinski definition) is 3. The summed E-state index contributed by atoms with van der Waals surface area (Å²) in [5.74, 6) is 0.103. The highest BCUT2D eigenvalue weighted by atomic mass is 16.5. The molecule has 0 aliphatic carbocycles. The van der Waals surface area contributed by atoms with Crippen LogP contribution < -0.4 is 11.1 Å². The molecule has 1 atom stereocenters. The van der Waals surface area contributed by atoms with Gasteiger partial charge in [-0.15, -0.1) is 0 Å². The molecular formula is C11H24N2O2. The van der Waals surface area contributed by atoms with Crippen molar-refractivity contribution >= 4 is 5.91 Å². The van der Waals surface area contributed by atoms with Crippen LogP contribution in [0.15, 0.2) is 0 Å². The molecule has 0 aliphatic heterocycles. The fourth-order valence-corrected chi connectivity index (χ4v) is 1.02. The highest BCUT2D eigenvalue weighted by Gasteiger charge is 2.15. The van der Waals surface area contributed by atoms with E-state index in [1.165, 1.54) is 0 Å². The molecule has 0 spiro atoms. The van der Waals surface area contributed by atoms with Gasteiger partial charge in [-0.05, 0) is 26.2 Å². The van der Waals surface area contributed by atoms with Gasteiger partial charge in [0.15, 0.2) is 0 Å². The fourth-order valence-electron chi connectivity index (χ4n) is 1.02. The van der Waals surface area contributed by atoms with Crippen LogP contribution in [0.3, 0.4) is 0 Å². The summed E-state index contributed by atoms with van der Waals surface area (Å²) in [6.45, 7) is 9.17. The van der Waals surface area contributed by atoms with E-state index in [0.717, 1.165) is 6.42 Å². The van der Waals surface area contributed by atoms with E-state index < -0.39 is 6.04 Å². The molecule has 1 amide bonds. The van der Waals surface area contributed by atoms with Crippen molar-refractivity contribution in [2.75, 3.05) is 13.2 Å². The zero-order valence-electron chi connectivity index (χ0n) is 10.2. The quantitative estimate of drug-likeness (QED) is 0.621. The van der Waals surface area contributed by atoms with E-state index in [-0.39, 0.29) is 17.9 Å². The summed E-state index contributed by atoms with van der Waals surface area (Å²) in [4.78, 5) is 11.4. The summed E-state index contributed by atoms with van der Waals surface area (Å²) in [5, 5.41) is 2.79. The maximum Gasteiger partial charge on any atom is 0.237 e. The van der Waals surface area contributed by atoms with Crippen molar-refractivity contribution in [3.05, 3.63) is 0 Å². The summed E-state index contributed by atoms with van der Waals surface area (Å²) in [6, 6.07) is -0.406. The van der Waals surface area contributed by atoms with Crippen molar-refractivity contribution in [2.24, 2.45) is 11.7 Å². The third-order valence-electron chi connectivity index (χ3n) is 2.09. The van der Waals surface area contributed by atoms with E-state index in [1.54, 1.807) is 0 Å². The van der Waals surface area contributed by atoms with Crippen LogP contribution in [0.1, 0.15) is 34.1 Å².